The van der Waals surface area contributed by atoms with Gasteiger partial charge in [-0.25, -0.2) is 0 Å². The Labute approximate surface area is 78.7 Å². The minimum absolute atomic E-state index is 0. The summed E-state index contributed by atoms with van der Waals surface area (Å²) in [4.78, 5) is 2.98. The standard InChI is InChI=1S/C9H6N.Li/c1-10-8-7-9-5-3-2-4-6-9;/h2-7H;/q-1;+1. The van der Waals surface area contributed by atoms with Gasteiger partial charge in [-0.15, -0.1) is 0 Å². The maximum atomic E-state index is 6.43. The number of hydrogen-bond acceptors (Lipinski definition) is 0. The first kappa shape index (κ1) is 10.0. The Bertz CT molecular complexity index is 259. The molecule has 0 aromatic heterocycles. The van der Waals surface area contributed by atoms with E-state index in [9.17, 15) is 0 Å². The van der Waals surface area contributed by atoms with Gasteiger partial charge in [-0.1, -0.05) is 42.1 Å². The topological polar surface area (TPSA) is 4.36 Å². The molecule has 0 aliphatic carbocycles. The van der Waals surface area contributed by atoms with Gasteiger partial charge in [0, 0.05) is 0 Å². The third-order valence-electron chi connectivity index (χ3n) is 1.10. The second-order valence-electron chi connectivity index (χ2n) is 1.80. The molecule has 0 aliphatic rings. The first-order valence-electron chi connectivity index (χ1n) is 2.94. The molecular weight excluding hydrogens is 129 g/mol. The summed E-state index contributed by atoms with van der Waals surface area (Å²) in [5, 5.41) is 0. The second kappa shape index (κ2) is 5.80. The van der Waals surface area contributed by atoms with Crippen LogP contribution in [0.4, 0.5) is 0 Å². The minimum Gasteiger partial charge on any atom is -0.478 e. The Kier molecular flexibility index (Phi) is 5.30. The van der Waals surface area contributed by atoms with Gasteiger partial charge in [0.05, 0.1) is 0 Å². The van der Waals surface area contributed by atoms with Crippen LogP contribution in [-0.4, -0.2) is 0 Å². The molecule has 0 saturated carbocycles. The van der Waals surface area contributed by atoms with E-state index in [1.807, 2.05) is 30.3 Å². The van der Waals surface area contributed by atoms with E-state index in [1.54, 1.807) is 6.08 Å². The molecule has 0 unspecified atom stereocenters. The molecule has 1 aromatic rings. The Morgan fingerprint density at radius 2 is 1.91 bits per heavy atom. The van der Waals surface area contributed by atoms with Crippen LogP contribution in [0.15, 0.2) is 30.3 Å². The van der Waals surface area contributed by atoms with E-state index in [2.05, 4.69) is 11.0 Å². The van der Waals surface area contributed by atoms with Gasteiger partial charge in [0.15, 0.2) is 0 Å². The molecule has 0 aliphatic heterocycles. The molecule has 0 fully saturated rings. The maximum absolute atomic E-state index is 6.43. The second-order valence-corrected chi connectivity index (χ2v) is 1.80. The van der Waals surface area contributed by atoms with Crippen molar-refractivity contribution in [3.8, 4) is 0 Å². The van der Waals surface area contributed by atoms with E-state index in [0.717, 1.165) is 5.56 Å². The number of hydrogen-bond donors (Lipinski definition) is 0. The molecule has 1 aromatic carbocycles. The van der Waals surface area contributed by atoms with Gasteiger partial charge in [-0.3, -0.25) is 6.57 Å². The molecule has 0 heterocycles. The largest absolute Gasteiger partial charge is 1.00 e. The van der Waals surface area contributed by atoms with Crippen molar-refractivity contribution in [3.05, 3.63) is 53.5 Å². The fraction of sp³-hybridized carbons (Fsp3) is 0. The van der Waals surface area contributed by atoms with Crippen LogP contribution in [0.1, 0.15) is 5.56 Å². The normalized spacial score (nSPS) is 8.64. The van der Waals surface area contributed by atoms with E-state index in [4.69, 9.17) is 6.57 Å². The maximum Gasteiger partial charge on any atom is 1.00 e. The van der Waals surface area contributed by atoms with Crippen LogP contribution in [0.5, 0.6) is 0 Å². The summed E-state index contributed by atoms with van der Waals surface area (Å²) in [5.74, 6) is 0. The molecule has 1 nitrogen and oxygen atoms in total. The summed E-state index contributed by atoms with van der Waals surface area (Å²) < 4.78 is 0. The van der Waals surface area contributed by atoms with Crippen molar-refractivity contribution in [1.29, 1.82) is 0 Å². The zero-order valence-electron chi connectivity index (χ0n) is 6.41. The van der Waals surface area contributed by atoms with Crippen molar-refractivity contribution in [2.75, 3.05) is 0 Å². The molecule has 48 valence electrons. The first-order chi connectivity index (χ1) is 4.93. The molecule has 0 bridgehead atoms. The third-order valence-corrected chi connectivity index (χ3v) is 1.10. The molecular formula is C9H6LiN. The summed E-state index contributed by atoms with van der Waals surface area (Å²) in [7, 11) is 0. The van der Waals surface area contributed by atoms with Crippen molar-refractivity contribution in [2.45, 2.75) is 0 Å². The Hall–Kier alpha value is -0.953. The van der Waals surface area contributed by atoms with Crippen LogP contribution in [0.3, 0.4) is 0 Å². The van der Waals surface area contributed by atoms with Crippen LogP contribution in [0, 0.1) is 12.8 Å². The van der Waals surface area contributed by atoms with Gasteiger partial charge in [0.25, 0.3) is 0 Å². The smallest absolute Gasteiger partial charge is 0.478 e. The van der Waals surface area contributed by atoms with Crippen molar-refractivity contribution in [3.63, 3.8) is 0 Å². The zero-order valence-corrected chi connectivity index (χ0v) is 6.41. The van der Waals surface area contributed by atoms with E-state index in [1.165, 1.54) is 0 Å². The molecule has 0 amide bonds. The van der Waals surface area contributed by atoms with Gasteiger partial charge < -0.3 is 4.85 Å². The Morgan fingerprint density at radius 3 is 2.45 bits per heavy atom. The molecule has 2 heteroatoms. The fourth-order valence-corrected chi connectivity index (χ4v) is 0.656. The zero-order chi connectivity index (χ0) is 7.23. The van der Waals surface area contributed by atoms with Gasteiger partial charge in [-0.2, -0.15) is 6.08 Å². The van der Waals surface area contributed by atoms with Gasteiger partial charge in [0.1, 0.15) is 0 Å². The summed E-state index contributed by atoms with van der Waals surface area (Å²) in [6.07, 6.45) is 4.09. The third kappa shape index (κ3) is 3.68. The molecule has 0 N–H and O–H groups in total. The summed E-state index contributed by atoms with van der Waals surface area (Å²) in [6, 6.07) is 9.65. The van der Waals surface area contributed by atoms with E-state index in [-0.39, 0.29) is 18.9 Å². The van der Waals surface area contributed by atoms with Crippen molar-refractivity contribution < 1.29 is 18.9 Å². The number of benzene rings is 1. The van der Waals surface area contributed by atoms with Crippen LogP contribution >= 0.6 is 0 Å². The average molecular weight is 135 g/mol. The van der Waals surface area contributed by atoms with E-state index < -0.39 is 0 Å². The van der Waals surface area contributed by atoms with Crippen molar-refractivity contribution >= 4 is 6.08 Å². The fourth-order valence-electron chi connectivity index (χ4n) is 0.656. The summed E-state index contributed by atoms with van der Waals surface area (Å²) in [5.41, 5.74) is 1.01. The number of rotatable bonds is 1. The van der Waals surface area contributed by atoms with Crippen LogP contribution < -0.4 is 18.9 Å². The molecule has 0 spiro atoms. The predicted molar refractivity (Wildman–Crippen MR) is 40.8 cm³/mol. The van der Waals surface area contributed by atoms with Crippen LogP contribution in [0.25, 0.3) is 10.9 Å². The van der Waals surface area contributed by atoms with Crippen LogP contribution in [-0.2, 0) is 0 Å². The van der Waals surface area contributed by atoms with Gasteiger partial charge >= 0.3 is 18.9 Å². The summed E-state index contributed by atoms with van der Waals surface area (Å²) >= 11 is 0. The summed E-state index contributed by atoms with van der Waals surface area (Å²) in [6.45, 7) is 6.43. The quantitative estimate of drug-likeness (QED) is 0.357. The molecule has 0 radical (unpaired) electrons. The first-order valence-corrected chi connectivity index (χ1v) is 2.94. The minimum atomic E-state index is 0. The molecule has 0 atom stereocenters. The SMILES string of the molecule is [C-]#[N+][C-]=Cc1ccccc1.[Li+]. The average Bonchev–Trinajstić information content (AvgIpc) is 2.03. The molecule has 1 rings (SSSR count). The Balaban J connectivity index is 0.000001000. The van der Waals surface area contributed by atoms with Gasteiger partial charge in [0.2, 0.25) is 0 Å². The van der Waals surface area contributed by atoms with E-state index in [0.29, 0.717) is 0 Å². The monoisotopic (exact) mass is 135 g/mol. The Morgan fingerprint density at radius 1 is 1.27 bits per heavy atom. The molecule has 11 heavy (non-hydrogen) atoms. The predicted octanol–water partition coefficient (Wildman–Crippen LogP) is -0.616. The van der Waals surface area contributed by atoms with Gasteiger partial charge in [-0.05, 0) is 0 Å². The van der Waals surface area contributed by atoms with E-state index >= 15 is 0 Å². The molecule has 0 saturated heterocycles. The van der Waals surface area contributed by atoms with Crippen molar-refractivity contribution in [1.82, 2.24) is 0 Å². The van der Waals surface area contributed by atoms with Crippen molar-refractivity contribution in [2.24, 2.45) is 0 Å². The van der Waals surface area contributed by atoms with Crippen LogP contribution in [0.2, 0.25) is 0 Å². The number of nitrogens with zero attached hydrogens (tertiary/aromatic N) is 1.